The molecule has 2 aromatic carbocycles. The van der Waals surface area contributed by atoms with Gasteiger partial charge in [0.1, 0.15) is 11.2 Å². The lowest BCUT2D eigenvalue weighted by molar-refractivity contribution is -0.556. The van der Waals surface area contributed by atoms with Crippen molar-refractivity contribution in [2.24, 2.45) is 0 Å². The summed E-state index contributed by atoms with van der Waals surface area (Å²) in [5.41, 5.74) is 3.60. The first-order valence-electron chi connectivity index (χ1n) is 9.21. The van der Waals surface area contributed by atoms with Gasteiger partial charge in [0.2, 0.25) is 0 Å². The summed E-state index contributed by atoms with van der Waals surface area (Å²) in [6.45, 7) is 3.66. The molecule has 0 saturated carbocycles. The number of aromatic nitrogens is 4. The molecule has 1 N–H and O–H groups in total. The van der Waals surface area contributed by atoms with Gasteiger partial charge in [0.15, 0.2) is 11.2 Å². The van der Waals surface area contributed by atoms with Gasteiger partial charge < -0.3 is 4.74 Å². The molecule has 0 radical (unpaired) electrons. The van der Waals surface area contributed by atoms with Crippen molar-refractivity contribution >= 4 is 28.2 Å². The van der Waals surface area contributed by atoms with Gasteiger partial charge in [-0.15, -0.1) is 4.52 Å². The highest BCUT2D eigenvalue weighted by atomic mass is 35.5. The van der Waals surface area contributed by atoms with Crippen molar-refractivity contribution in [2.45, 2.75) is 6.54 Å². The zero-order valence-electron chi connectivity index (χ0n) is 15.1. The van der Waals surface area contributed by atoms with E-state index in [-0.39, 0.29) is 5.56 Å². The highest BCUT2D eigenvalue weighted by Crippen LogP contribution is 2.15. The summed E-state index contributed by atoms with van der Waals surface area (Å²) in [6.07, 6.45) is 0. The third-order valence-electron chi connectivity index (χ3n) is 5.04. The first-order chi connectivity index (χ1) is 13.7. The van der Waals surface area contributed by atoms with Gasteiger partial charge in [-0.3, -0.25) is 4.90 Å². The number of hydrogen-bond acceptors (Lipinski definition) is 4. The first kappa shape index (κ1) is 17.4. The molecule has 7 nitrogen and oxygen atoms in total. The molecule has 0 spiro atoms. The number of fused-ring (bicyclic) bond motifs is 3. The van der Waals surface area contributed by atoms with Crippen LogP contribution in [-0.2, 0) is 11.3 Å². The van der Waals surface area contributed by atoms with Crippen LogP contribution in [0.15, 0.2) is 53.3 Å². The maximum absolute atomic E-state index is 13.3. The Labute approximate surface area is 165 Å². The van der Waals surface area contributed by atoms with Crippen LogP contribution in [0.1, 0.15) is 5.69 Å². The van der Waals surface area contributed by atoms with E-state index in [1.54, 1.807) is 12.1 Å². The molecule has 1 saturated heterocycles. The fraction of sp³-hybridized carbons (Fsp3) is 0.250. The molecule has 1 fully saturated rings. The molecule has 142 valence electrons. The summed E-state index contributed by atoms with van der Waals surface area (Å²) in [6, 6.07) is 15.0. The number of aromatic amines is 1. The van der Waals surface area contributed by atoms with Crippen molar-refractivity contribution in [3.8, 4) is 5.69 Å². The van der Waals surface area contributed by atoms with Crippen LogP contribution >= 0.6 is 11.6 Å². The van der Waals surface area contributed by atoms with Crippen LogP contribution in [0, 0.1) is 0 Å². The molecule has 5 rings (SSSR count). The summed E-state index contributed by atoms with van der Waals surface area (Å²) in [4.78, 5) is 20.4. The number of H-pyrrole nitrogens is 1. The van der Waals surface area contributed by atoms with Gasteiger partial charge in [0.25, 0.3) is 5.52 Å². The zero-order valence-corrected chi connectivity index (χ0v) is 15.9. The van der Waals surface area contributed by atoms with Crippen LogP contribution in [0.4, 0.5) is 0 Å². The minimum atomic E-state index is -0.135. The van der Waals surface area contributed by atoms with E-state index in [1.165, 1.54) is 4.68 Å². The summed E-state index contributed by atoms with van der Waals surface area (Å²) < 4.78 is 8.80. The van der Waals surface area contributed by atoms with Crippen molar-refractivity contribution < 1.29 is 9.25 Å². The summed E-state index contributed by atoms with van der Waals surface area (Å²) in [5.74, 6) is 0. The maximum Gasteiger partial charge on any atom is 0.408 e. The largest absolute Gasteiger partial charge is 0.408 e. The standard InChI is InChI=1S/C20H18ClN5O2/c21-14-5-7-15(8-6-14)25-20(27)19-17(13-24-9-11-28-12-10-24)22-16-3-1-2-4-18(16)26(19)23-25/h1-8H,9-13H2/p+1. The van der Waals surface area contributed by atoms with Crippen LogP contribution in [0.25, 0.3) is 22.2 Å². The number of ether oxygens (including phenoxy) is 1. The number of rotatable bonds is 3. The number of nitrogens with zero attached hydrogens (tertiary/aromatic N) is 4. The third-order valence-corrected chi connectivity index (χ3v) is 5.29. The van der Waals surface area contributed by atoms with Crippen molar-refractivity contribution in [1.82, 2.24) is 19.8 Å². The Kier molecular flexibility index (Phi) is 4.35. The zero-order chi connectivity index (χ0) is 19.1. The first-order valence-corrected chi connectivity index (χ1v) is 9.59. The van der Waals surface area contributed by atoms with Crippen LogP contribution in [0.5, 0.6) is 0 Å². The quantitative estimate of drug-likeness (QED) is 0.537. The highest BCUT2D eigenvalue weighted by Gasteiger charge is 2.25. The second-order valence-electron chi connectivity index (χ2n) is 6.84. The summed E-state index contributed by atoms with van der Waals surface area (Å²) in [7, 11) is 0. The molecule has 0 atom stereocenters. The number of benzene rings is 2. The van der Waals surface area contributed by atoms with Gasteiger partial charge in [0.05, 0.1) is 13.2 Å². The molecule has 4 aromatic rings. The van der Waals surface area contributed by atoms with Crippen LogP contribution < -0.4 is 10.1 Å². The minimum absolute atomic E-state index is 0.135. The van der Waals surface area contributed by atoms with E-state index in [1.807, 2.05) is 40.9 Å². The number of hydrogen-bond donors (Lipinski definition) is 1. The van der Waals surface area contributed by atoms with Crippen molar-refractivity contribution in [3.05, 3.63) is 69.6 Å². The number of para-hydroxylation sites is 2. The van der Waals surface area contributed by atoms with Crippen LogP contribution in [-0.4, -0.2) is 46.1 Å². The average Bonchev–Trinajstić information content (AvgIpc) is 3.07. The molecule has 28 heavy (non-hydrogen) atoms. The maximum atomic E-state index is 13.3. The number of halogens is 1. The molecule has 3 heterocycles. The lowest BCUT2D eigenvalue weighted by Crippen LogP contribution is -2.37. The lowest BCUT2D eigenvalue weighted by Gasteiger charge is -2.25. The van der Waals surface area contributed by atoms with Gasteiger partial charge in [-0.25, -0.2) is 9.78 Å². The Morgan fingerprint density at radius 1 is 1.11 bits per heavy atom. The van der Waals surface area contributed by atoms with Gasteiger partial charge in [0, 0.05) is 24.7 Å². The van der Waals surface area contributed by atoms with E-state index in [0.717, 1.165) is 35.5 Å². The van der Waals surface area contributed by atoms with Crippen molar-refractivity contribution in [1.29, 1.82) is 0 Å². The average molecular weight is 397 g/mol. The van der Waals surface area contributed by atoms with E-state index in [0.29, 0.717) is 30.3 Å². The van der Waals surface area contributed by atoms with Crippen LogP contribution in [0.3, 0.4) is 0 Å². The Morgan fingerprint density at radius 2 is 1.86 bits per heavy atom. The van der Waals surface area contributed by atoms with Crippen molar-refractivity contribution in [3.63, 3.8) is 0 Å². The predicted octanol–water partition coefficient (Wildman–Crippen LogP) is 1.94. The molecule has 0 aliphatic carbocycles. The summed E-state index contributed by atoms with van der Waals surface area (Å²) in [5, 5.41) is 3.84. The van der Waals surface area contributed by atoms with E-state index < -0.39 is 0 Å². The van der Waals surface area contributed by atoms with Gasteiger partial charge >= 0.3 is 5.56 Å². The van der Waals surface area contributed by atoms with E-state index >= 15 is 0 Å². The molecule has 0 bridgehead atoms. The molecule has 8 heteroatoms. The normalized spacial score (nSPS) is 15.5. The minimum Gasteiger partial charge on any atom is -0.379 e. The SMILES string of the molecule is O=c1c2c(CN3CCOCC3)nc3ccccc3[n+]2[nH]n1-c1ccc(Cl)cc1. The second kappa shape index (κ2) is 7.01. The molecule has 1 aliphatic heterocycles. The van der Waals surface area contributed by atoms with Crippen LogP contribution in [0.2, 0.25) is 5.02 Å². The van der Waals surface area contributed by atoms with Crippen molar-refractivity contribution in [2.75, 3.05) is 26.3 Å². The Balaban J connectivity index is 1.73. The fourth-order valence-corrected chi connectivity index (χ4v) is 3.74. The molecular formula is C20H19ClN5O2+. The van der Waals surface area contributed by atoms with E-state index in [2.05, 4.69) is 10.1 Å². The smallest absolute Gasteiger partial charge is 0.379 e. The molecule has 2 aromatic heterocycles. The topological polar surface area (TPSA) is 67.2 Å². The summed E-state index contributed by atoms with van der Waals surface area (Å²) >= 11 is 6.00. The Hall–Kier alpha value is -2.74. The second-order valence-corrected chi connectivity index (χ2v) is 7.27. The fourth-order valence-electron chi connectivity index (χ4n) is 3.62. The lowest BCUT2D eigenvalue weighted by atomic mass is 10.2. The van der Waals surface area contributed by atoms with Gasteiger partial charge in [-0.05, 0) is 36.4 Å². The molecule has 1 aliphatic rings. The predicted molar refractivity (Wildman–Crippen MR) is 106 cm³/mol. The van der Waals surface area contributed by atoms with E-state index in [9.17, 15) is 4.79 Å². The Bertz CT molecular complexity index is 1210. The van der Waals surface area contributed by atoms with Gasteiger partial charge in [-0.1, -0.05) is 33.6 Å². The number of nitrogens with one attached hydrogen (secondary N) is 1. The molecule has 0 amide bonds. The monoisotopic (exact) mass is 396 g/mol. The molecule has 0 unspecified atom stereocenters. The van der Waals surface area contributed by atoms with E-state index in [4.69, 9.17) is 21.3 Å². The Morgan fingerprint density at radius 3 is 2.64 bits per heavy atom. The van der Waals surface area contributed by atoms with Gasteiger partial charge in [-0.2, -0.15) is 0 Å². The third kappa shape index (κ3) is 2.97. The molecular weight excluding hydrogens is 378 g/mol. The highest BCUT2D eigenvalue weighted by molar-refractivity contribution is 6.30. The number of morpholine rings is 1.